The monoisotopic (exact) mass is 430 g/mol. The van der Waals surface area contributed by atoms with E-state index in [1.165, 1.54) is 28.1 Å². The summed E-state index contributed by atoms with van der Waals surface area (Å²) in [7, 11) is 0. The third-order valence-electron chi connectivity index (χ3n) is 5.29. The molecule has 0 aliphatic carbocycles. The van der Waals surface area contributed by atoms with Crippen molar-refractivity contribution >= 4 is 28.4 Å². The topological polar surface area (TPSA) is 59.8 Å². The Hall–Kier alpha value is -3.12. The van der Waals surface area contributed by atoms with E-state index in [1.54, 1.807) is 0 Å². The molecule has 1 unspecified atom stereocenters. The number of fused-ring (bicyclic) bond motifs is 1. The Morgan fingerprint density at radius 1 is 1.03 bits per heavy atom. The third-order valence-corrected chi connectivity index (χ3v) is 6.26. The average Bonchev–Trinajstić information content (AvgIpc) is 3.20. The number of rotatable bonds is 7. The lowest BCUT2D eigenvalue weighted by atomic mass is 10.0. The van der Waals surface area contributed by atoms with Crippen molar-refractivity contribution in [1.29, 1.82) is 0 Å². The highest BCUT2D eigenvalue weighted by molar-refractivity contribution is 7.99. The van der Waals surface area contributed by atoms with Gasteiger partial charge in [-0.3, -0.25) is 4.79 Å². The molecule has 0 saturated carbocycles. The quantitative estimate of drug-likeness (QED) is 0.399. The fourth-order valence-corrected chi connectivity index (χ4v) is 4.47. The molecule has 5 nitrogen and oxygen atoms in total. The highest BCUT2D eigenvalue weighted by Gasteiger charge is 2.16. The van der Waals surface area contributed by atoms with E-state index in [-0.39, 0.29) is 11.9 Å². The van der Waals surface area contributed by atoms with Crippen molar-refractivity contribution in [3.63, 3.8) is 0 Å². The molecule has 1 amide bonds. The summed E-state index contributed by atoms with van der Waals surface area (Å²) in [6, 6.07) is 22.7. The molecule has 0 bridgehead atoms. The molecule has 31 heavy (non-hydrogen) atoms. The Bertz CT molecular complexity index is 1220. The summed E-state index contributed by atoms with van der Waals surface area (Å²) >= 11 is 1.42. The van der Waals surface area contributed by atoms with Crippen LogP contribution < -0.4 is 5.32 Å². The van der Waals surface area contributed by atoms with E-state index in [0.29, 0.717) is 5.75 Å². The van der Waals surface area contributed by atoms with Gasteiger partial charge in [0.15, 0.2) is 11.0 Å². The second-order valence-corrected chi connectivity index (χ2v) is 8.55. The van der Waals surface area contributed by atoms with Gasteiger partial charge in [-0.05, 0) is 49.2 Å². The minimum Gasteiger partial charge on any atom is -0.349 e. The fraction of sp³-hybridized carbons (Fsp3) is 0.240. The van der Waals surface area contributed by atoms with Crippen LogP contribution in [0.2, 0.25) is 0 Å². The predicted molar refractivity (Wildman–Crippen MR) is 127 cm³/mol. The van der Waals surface area contributed by atoms with Gasteiger partial charge in [0.25, 0.3) is 0 Å². The number of aromatic nitrogens is 3. The maximum atomic E-state index is 12.6. The van der Waals surface area contributed by atoms with Gasteiger partial charge in [0.2, 0.25) is 5.91 Å². The van der Waals surface area contributed by atoms with E-state index in [4.69, 9.17) is 0 Å². The smallest absolute Gasteiger partial charge is 0.230 e. The maximum Gasteiger partial charge on any atom is 0.230 e. The van der Waals surface area contributed by atoms with Crippen LogP contribution in [0.1, 0.15) is 31.0 Å². The summed E-state index contributed by atoms with van der Waals surface area (Å²) in [6.07, 6.45) is 0. The number of benzene rings is 3. The van der Waals surface area contributed by atoms with Crippen LogP contribution in [0.5, 0.6) is 0 Å². The summed E-state index contributed by atoms with van der Waals surface area (Å²) in [4.78, 5) is 12.6. The SMILES string of the molecule is CCn1c(SCC(=O)NC(C)c2ccc3ccccc3c2)nnc1-c1cccc(C)c1. The second-order valence-electron chi connectivity index (χ2n) is 7.60. The van der Waals surface area contributed by atoms with Gasteiger partial charge in [-0.15, -0.1) is 10.2 Å². The molecule has 1 N–H and O–H groups in total. The lowest BCUT2D eigenvalue weighted by Gasteiger charge is -2.15. The van der Waals surface area contributed by atoms with Crippen LogP contribution in [0.4, 0.5) is 0 Å². The first-order valence-electron chi connectivity index (χ1n) is 10.5. The number of thioether (sulfide) groups is 1. The molecule has 0 saturated heterocycles. The zero-order valence-electron chi connectivity index (χ0n) is 18.0. The van der Waals surface area contributed by atoms with Gasteiger partial charge in [0.05, 0.1) is 11.8 Å². The Kier molecular flexibility index (Phi) is 6.37. The minimum atomic E-state index is -0.0652. The highest BCUT2D eigenvalue weighted by atomic mass is 32.2. The zero-order chi connectivity index (χ0) is 21.8. The maximum absolute atomic E-state index is 12.6. The van der Waals surface area contributed by atoms with Gasteiger partial charge < -0.3 is 9.88 Å². The number of nitrogens with zero attached hydrogens (tertiary/aromatic N) is 3. The van der Waals surface area contributed by atoms with Crippen molar-refractivity contribution in [3.8, 4) is 11.4 Å². The highest BCUT2D eigenvalue weighted by Crippen LogP contribution is 2.25. The van der Waals surface area contributed by atoms with Crippen molar-refractivity contribution in [2.24, 2.45) is 0 Å². The molecule has 158 valence electrons. The predicted octanol–water partition coefficient (Wildman–Crippen LogP) is 5.40. The van der Waals surface area contributed by atoms with Crippen LogP contribution >= 0.6 is 11.8 Å². The standard InChI is InChI=1S/C25H26N4OS/c1-4-29-24(22-11-7-8-17(2)14-22)27-28-25(29)31-16-23(30)26-18(3)20-13-12-19-9-5-6-10-21(19)15-20/h5-15,18H,4,16H2,1-3H3,(H,26,30). The van der Waals surface area contributed by atoms with Gasteiger partial charge in [-0.1, -0.05) is 71.9 Å². The van der Waals surface area contributed by atoms with Crippen molar-refractivity contribution < 1.29 is 4.79 Å². The summed E-state index contributed by atoms with van der Waals surface area (Å²) in [5.41, 5.74) is 3.31. The Balaban J connectivity index is 1.41. The van der Waals surface area contributed by atoms with E-state index in [1.807, 2.05) is 31.2 Å². The van der Waals surface area contributed by atoms with E-state index in [0.717, 1.165) is 28.7 Å². The summed E-state index contributed by atoms with van der Waals surface area (Å²) < 4.78 is 2.06. The summed E-state index contributed by atoms with van der Waals surface area (Å²) in [5.74, 6) is 1.11. The molecule has 0 aliphatic heterocycles. The van der Waals surface area contributed by atoms with Gasteiger partial charge in [-0.2, -0.15) is 0 Å². The van der Waals surface area contributed by atoms with Gasteiger partial charge in [-0.25, -0.2) is 0 Å². The number of aryl methyl sites for hydroxylation is 1. The van der Waals surface area contributed by atoms with E-state index < -0.39 is 0 Å². The van der Waals surface area contributed by atoms with Crippen molar-refractivity contribution in [3.05, 3.63) is 77.9 Å². The van der Waals surface area contributed by atoms with Crippen LogP contribution in [0.3, 0.4) is 0 Å². The zero-order valence-corrected chi connectivity index (χ0v) is 18.8. The normalized spacial score (nSPS) is 12.1. The van der Waals surface area contributed by atoms with Crippen LogP contribution in [0, 0.1) is 6.92 Å². The number of hydrogen-bond donors (Lipinski definition) is 1. The van der Waals surface area contributed by atoms with Crippen molar-refractivity contribution in [2.45, 2.75) is 38.5 Å². The number of carbonyl (C=O) groups excluding carboxylic acids is 1. The Morgan fingerprint density at radius 3 is 2.61 bits per heavy atom. The molecule has 6 heteroatoms. The number of amides is 1. The molecular weight excluding hydrogens is 404 g/mol. The van der Waals surface area contributed by atoms with Crippen LogP contribution in [-0.4, -0.2) is 26.4 Å². The molecule has 4 aromatic rings. The van der Waals surface area contributed by atoms with Crippen molar-refractivity contribution in [1.82, 2.24) is 20.1 Å². The first-order valence-corrected chi connectivity index (χ1v) is 11.4. The lowest BCUT2D eigenvalue weighted by molar-refractivity contribution is -0.119. The second kappa shape index (κ2) is 9.35. The minimum absolute atomic E-state index is 0.0200. The fourth-order valence-electron chi connectivity index (χ4n) is 3.65. The molecule has 1 aromatic heterocycles. The summed E-state index contributed by atoms with van der Waals surface area (Å²) in [5, 5.41) is 14.9. The van der Waals surface area contributed by atoms with Crippen molar-refractivity contribution in [2.75, 3.05) is 5.75 Å². The molecule has 0 radical (unpaired) electrons. The number of hydrogen-bond acceptors (Lipinski definition) is 4. The molecule has 4 rings (SSSR count). The molecule has 1 atom stereocenters. The number of nitrogens with one attached hydrogen (secondary N) is 1. The lowest BCUT2D eigenvalue weighted by Crippen LogP contribution is -2.28. The molecule has 0 aliphatic rings. The van der Waals surface area contributed by atoms with E-state index in [2.05, 4.69) is 76.4 Å². The largest absolute Gasteiger partial charge is 0.349 e. The molecule has 1 heterocycles. The molecular formula is C25H26N4OS. The molecule has 3 aromatic carbocycles. The first kappa shape index (κ1) is 21.1. The third kappa shape index (κ3) is 4.80. The van der Waals surface area contributed by atoms with Crippen LogP contribution in [0.15, 0.2) is 71.9 Å². The summed E-state index contributed by atoms with van der Waals surface area (Å²) in [6.45, 7) is 6.88. The first-order chi connectivity index (χ1) is 15.0. The van der Waals surface area contributed by atoms with E-state index >= 15 is 0 Å². The van der Waals surface area contributed by atoms with Crippen LogP contribution in [0.25, 0.3) is 22.2 Å². The van der Waals surface area contributed by atoms with E-state index in [9.17, 15) is 4.79 Å². The molecule has 0 spiro atoms. The van der Waals surface area contributed by atoms with Gasteiger partial charge >= 0.3 is 0 Å². The van der Waals surface area contributed by atoms with Gasteiger partial charge in [0, 0.05) is 12.1 Å². The average molecular weight is 431 g/mol. The molecule has 0 fully saturated rings. The Morgan fingerprint density at radius 2 is 1.84 bits per heavy atom. The number of carbonyl (C=O) groups is 1. The van der Waals surface area contributed by atoms with Crippen LogP contribution in [-0.2, 0) is 11.3 Å². The van der Waals surface area contributed by atoms with Gasteiger partial charge in [0.1, 0.15) is 0 Å². The Labute approximate surface area is 186 Å².